The summed E-state index contributed by atoms with van der Waals surface area (Å²) in [5.41, 5.74) is 1.98. The summed E-state index contributed by atoms with van der Waals surface area (Å²) in [6.07, 6.45) is 5.01. The van der Waals surface area contributed by atoms with Gasteiger partial charge < -0.3 is 19.4 Å². The molecule has 0 radical (unpaired) electrons. The molecule has 1 unspecified atom stereocenters. The van der Waals surface area contributed by atoms with Crippen LogP contribution in [0.1, 0.15) is 32.4 Å². The minimum Gasteiger partial charge on any atom is -0.480 e. The first-order chi connectivity index (χ1) is 19.1. The van der Waals surface area contributed by atoms with Crippen molar-refractivity contribution in [2.45, 2.75) is 38.9 Å². The number of anilines is 1. The molecule has 1 saturated heterocycles. The number of hydrogen-bond donors (Lipinski definition) is 1. The average Bonchev–Trinajstić information content (AvgIpc) is 3.58. The highest BCUT2D eigenvalue weighted by atomic mass is 16.7. The standard InChI is InChI=1S/C30H29N5O5/c1-18-14-24(28(37)38)35(40-18)27-26(19-8-6-5-7-9-19)33(29(39)30(27,2)3)21-10-12-23-20(15-21)16-31-34(23)22-11-13-25(36)32(4)17-22/h5-17,24,26-27H,1-4H3,(H,37,38)/t24?,26-,27-/m0/s1. The third-order valence-corrected chi connectivity index (χ3v) is 7.82. The highest BCUT2D eigenvalue weighted by Gasteiger charge is 2.60. The molecular formula is C30H29N5O5. The average molecular weight is 540 g/mol. The summed E-state index contributed by atoms with van der Waals surface area (Å²) in [4.78, 5) is 46.0. The lowest BCUT2D eigenvalue weighted by molar-refractivity contribution is -0.188. The van der Waals surface area contributed by atoms with Crippen LogP contribution < -0.4 is 10.5 Å². The van der Waals surface area contributed by atoms with Crippen LogP contribution in [0.2, 0.25) is 0 Å². The van der Waals surface area contributed by atoms with Crippen LogP contribution in [0.4, 0.5) is 5.69 Å². The fourth-order valence-corrected chi connectivity index (χ4v) is 5.86. The van der Waals surface area contributed by atoms with Crippen molar-refractivity contribution in [2.75, 3.05) is 4.90 Å². The van der Waals surface area contributed by atoms with Crippen LogP contribution in [0.15, 0.2) is 89.7 Å². The summed E-state index contributed by atoms with van der Waals surface area (Å²) >= 11 is 0. The third-order valence-electron chi connectivity index (χ3n) is 7.82. The van der Waals surface area contributed by atoms with Crippen LogP contribution >= 0.6 is 0 Å². The second-order valence-electron chi connectivity index (χ2n) is 10.8. The zero-order valence-corrected chi connectivity index (χ0v) is 22.6. The molecule has 6 rings (SSSR count). The van der Waals surface area contributed by atoms with Crippen molar-refractivity contribution in [3.63, 3.8) is 0 Å². The van der Waals surface area contributed by atoms with Crippen LogP contribution in [0.25, 0.3) is 16.6 Å². The van der Waals surface area contributed by atoms with E-state index in [0.29, 0.717) is 11.4 Å². The molecule has 0 spiro atoms. The zero-order valence-electron chi connectivity index (χ0n) is 22.6. The van der Waals surface area contributed by atoms with E-state index in [1.807, 2.05) is 62.4 Å². The van der Waals surface area contributed by atoms with Crippen molar-refractivity contribution >= 4 is 28.5 Å². The number of allylic oxidation sites excluding steroid dienone is 1. The second kappa shape index (κ2) is 9.20. The Kier molecular flexibility index (Phi) is 5.88. The lowest BCUT2D eigenvalue weighted by Gasteiger charge is -2.37. The van der Waals surface area contributed by atoms with E-state index in [0.717, 1.165) is 22.2 Å². The Labute approximate surface area is 230 Å². The van der Waals surface area contributed by atoms with Crippen molar-refractivity contribution in [2.24, 2.45) is 12.5 Å². The molecule has 2 aliphatic rings. The quantitative estimate of drug-likeness (QED) is 0.411. The van der Waals surface area contributed by atoms with Gasteiger partial charge in [-0.1, -0.05) is 30.3 Å². The number of hydrogen-bond acceptors (Lipinski definition) is 6. The van der Waals surface area contributed by atoms with Gasteiger partial charge in [0.1, 0.15) is 5.76 Å². The molecule has 0 aliphatic carbocycles. The van der Waals surface area contributed by atoms with E-state index in [9.17, 15) is 19.5 Å². The van der Waals surface area contributed by atoms with E-state index in [1.54, 1.807) is 48.1 Å². The van der Waals surface area contributed by atoms with E-state index in [1.165, 1.54) is 15.7 Å². The van der Waals surface area contributed by atoms with Crippen LogP contribution in [0, 0.1) is 5.41 Å². The van der Waals surface area contributed by atoms with Gasteiger partial charge in [0, 0.05) is 30.4 Å². The molecular weight excluding hydrogens is 510 g/mol. The number of carboxylic acids is 1. The number of hydroxylamine groups is 2. The SMILES string of the molecule is CC1=CC(C(=O)O)N([C@H]2[C@H](c3ccccc3)N(c3ccc4c(cnn4-c4ccc(=O)n(C)c4)c3)C(=O)C2(C)C)O1. The Morgan fingerprint density at radius 3 is 2.45 bits per heavy atom. The number of amides is 1. The molecule has 1 N–H and O–H groups in total. The fraction of sp³-hybridized carbons (Fsp3) is 0.267. The topological polar surface area (TPSA) is 110 Å². The van der Waals surface area contributed by atoms with Crippen LogP contribution in [0.5, 0.6) is 0 Å². The number of carboxylic acid groups (broad SMARTS) is 1. The van der Waals surface area contributed by atoms with Gasteiger partial charge in [-0.2, -0.15) is 5.10 Å². The maximum atomic E-state index is 14.2. The second-order valence-corrected chi connectivity index (χ2v) is 10.8. The van der Waals surface area contributed by atoms with Gasteiger partial charge in [-0.05, 0) is 56.7 Å². The van der Waals surface area contributed by atoms with Crippen LogP contribution in [0.3, 0.4) is 0 Å². The fourth-order valence-electron chi connectivity index (χ4n) is 5.86. The number of carbonyl (C=O) groups excluding carboxylic acids is 1. The Balaban J connectivity index is 1.47. The van der Waals surface area contributed by atoms with Crippen molar-refractivity contribution in [3.8, 4) is 5.69 Å². The first-order valence-electron chi connectivity index (χ1n) is 13.0. The number of pyridine rings is 1. The number of benzene rings is 2. The van der Waals surface area contributed by atoms with Gasteiger partial charge in [0.2, 0.25) is 11.5 Å². The molecule has 1 amide bonds. The van der Waals surface area contributed by atoms with Crippen LogP contribution in [-0.4, -0.2) is 48.5 Å². The zero-order chi connectivity index (χ0) is 28.3. The Hall–Kier alpha value is -4.70. The number of aryl methyl sites for hydroxylation is 1. The van der Waals surface area contributed by atoms with Gasteiger partial charge in [0.25, 0.3) is 0 Å². The van der Waals surface area contributed by atoms with Gasteiger partial charge in [0.15, 0.2) is 6.04 Å². The van der Waals surface area contributed by atoms with E-state index in [2.05, 4.69) is 5.10 Å². The van der Waals surface area contributed by atoms with E-state index >= 15 is 0 Å². The summed E-state index contributed by atoms with van der Waals surface area (Å²) in [5.74, 6) is -0.709. The molecule has 4 heterocycles. The van der Waals surface area contributed by atoms with Gasteiger partial charge in [0.05, 0.1) is 34.9 Å². The minimum atomic E-state index is -1.04. The highest BCUT2D eigenvalue weighted by Crippen LogP contribution is 2.50. The summed E-state index contributed by atoms with van der Waals surface area (Å²) in [6, 6.07) is 16.3. The Morgan fingerprint density at radius 2 is 1.75 bits per heavy atom. The van der Waals surface area contributed by atoms with Gasteiger partial charge >= 0.3 is 5.97 Å². The normalized spacial score (nSPS) is 22.5. The summed E-state index contributed by atoms with van der Waals surface area (Å²) in [7, 11) is 1.69. The van der Waals surface area contributed by atoms with Gasteiger partial charge in [-0.15, -0.1) is 5.06 Å². The third kappa shape index (κ3) is 3.91. The molecule has 2 aliphatic heterocycles. The number of carbonyl (C=O) groups is 2. The molecule has 0 bridgehead atoms. The highest BCUT2D eigenvalue weighted by molar-refractivity contribution is 6.03. The lowest BCUT2D eigenvalue weighted by Crippen LogP contribution is -2.50. The molecule has 3 atom stereocenters. The lowest BCUT2D eigenvalue weighted by atomic mass is 9.81. The monoisotopic (exact) mass is 539 g/mol. The molecule has 1 fully saturated rings. The van der Waals surface area contributed by atoms with Gasteiger partial charge in [-0.25, -0.2) is 4.68 Å². The predicted molar refractivity (Wildman–Crippen MR) is 149 cm³/mol. The largest absolute Gasteiger partial charge is 0.480 e. The summed E-state index contributed by atoms with van der Waals surface area (Å²) in [5, 5.41) is 16.8. The first kappa shape index (κ1) is 25.6. The van der Waals surface area contributed by atoms with Crippen LogP contribution in [-0.2, 0) is 21.5 Å². The molecule has 10 nitrogen and oxygen atoms in total. The molecule has 10 heteroatoms. The Bertz CT molecular complexity index is 1740. The molecule has 204 valence electrons. The minimum absolute atomic E-state index is 0.114. The number of aliphatic carboxylic acids is 1. The van der Waals surface area contributed by atoms with Crippen molar-refractivity contribution in [3.05, 3.63) is 101 Å². The number of rotatable bonds is 5. The molecule has 4 aromatic rings. The smallest absolute Gasteiger partial charge is 0.328 e. The molecule has 0 saturated carbocycles. The molecule has 2 aromatic carbocycles. The molecule has 40 heavy (non-hydrogen) atoms. The number of nitrogens with zero attached hydrogens (tertiary/aromatic N) is 5. The summed E-state index contributed by atoms with van der Waals surface area (Å²) in [6.45, 7) is 5.38. The molecule has 2 aromatic heterocycles. The van der Waals surface area contributed by atoms with Crippen molar-refractivity contribution in [1.29, 1.82) is 0 Å². The number of aromatic nitrogens is 3. The van der Waals surface area contributed by atoms with E-state index in [4.69, 9.17) is 4.84 Å². The maximum absolute atomic E-state index is 14.2. The summed E-state index contributed by atoms with van der Waals surface area (Å²) < 4.78 is 3.24. The first-order valence-corrected chi connectivity index (χ1v) is 13.0. The van der Waals surface area contributed by atoms with Gasteiger partial charge in [-0.3, -0.25) is 14.4 Å². The maximum Gasteiger partial charge on any atom is 0.328 e. The van der Waals surface area contributed by atoms with Crippen molar-refractivity contribution in [1.82, 2.24) is 19.4 Å². The van der Waals surface area contributed by atoms with E-state index < -0.39 is 29.5 Å². The predicted octanol–water partition coefficient (Wildman–Crippen LogP) is 3.81. The van der Waals surface area contributed by atoms with E-state index in [-0.39, 0.29) is 11.5 Å². The van der Waals surface area contributed by atoms with Crippen molar-refractivity contribution < 1.29 is 19.5 Å². The Morgan fingerprint density at radius 1 is 1.02 bits per heavy atom. The number of fused-ring (bicyclic) bond motifs is 1.